The molecule has 1 aliphatic heterocycles. The van der Waals surface area contributed by atoms with Crippen molar-refractivity contribution in [1.29, 1.82) is 5.26 Å². The van der Waals surface area contributed by atoms with Gasteiger partial charge in [0.25, 0.3) is 0 Å². The predicted octanol–water partition coefficient (Wildman–Crippen LogP) is 4.68. The highest BCUT2D eigenvalue weighted by Crippen LogP contribution is 2.36. The van der Waals surface area contributed by atoms with Gasteiger partial charge in [-0.3, -0.25) is 4.79 Å². The maximum atomic E-state index is 13.0. The van der Waals surface area contributed by atoms with Gasteiger partial charge in [0.05, 0.1) is 6.61 Å². The predicted molar refractivity (Wildman–Crippen MR) is 108 cm³/mol. The molecule has 0 saturated heterocycles. The van der Waals surface area contributed by atoms with Gasteiger partial charge in [0.2, 0.25) is 5.78 Å². The molecule has 5 nitrogen and oxygen atoms in total. The number of allylic oxidation sites excluding steroid dienone is 1. The average molecular weight is 372 g/mol. The van der Waals surface area contributed by atoms with Crippen molar-refractivity contribution >= 4 is 22.8 Å². The number of hydrogen-bond acceptors (Lipinski definition) is 4. The number of nitriles is 1. The molecule has 0 bridgehead atoms. The monoisotopic (exact) mass is 372 g/mol. The smallest absolute Gasteiger partial charge is 0.205 e. The zero-order chi connectivity index (χ0) is 19.7. The molecule has 0 radical (unpaired) electrons. The molecule has 5 heteroatoms. The van der Waals surface area contributed by atoms with Crippen LogP contribution in [0.15, 0.2) is 48.2 Å². The lowest BCUT2D eigenvalue weighted by atomic mass is 9.99. The van der Waals surface area contributed by atoms with E-state index in [0.29, 0.717) is 23.5 Å². The number of rotatable bonds is 5. The second-order valence-electron chi connectivity index (χ2n) is 6.81. The van der Waals surface area contributed by atoms with Crippen molar-refractivity contribution in [3.8, 4) is 17.6 Å². The molecule has 1 N–H and O–H groups in total. The Balaban J connectivity index is 1.77. The molecule has 1 atom stereocenters. The van der Waals surface area contributed by atoms with Gasteiger partial charge in [-0.2, -0.15) is 5.26 Å². The molecule has 0 fully saturated rings. The van der Waals surface area contributed by atoms with E-state index in [1.54, 1.807) is 12.3 Å². The largest absolute Gasteiger partial charge is 0.493 e. The van der Waals surface area contributed by atoms with Crippen molar-refractivity contribution in [2.75, 3.05) is 6.61 Å². The number of hydrogen-bond donors (Lipinski definition) is 1. The minimum atomic E-state index is -0.322. The molecule has 0 amide bonds. The molecule has 3 aromatic rings. The molecular weight excluding hydrogens is 352 g/mol. The van der Waals surface area contributed by atoms with Gasteiger partial charge in [0.1, 0.15) is 29.2 Å². The highest BCUT2D eigenvalue weighted by Gasteiger charge is 2.23. The average Bonchev–Trinajstić information content (AvgIpc) is 3.28. The van der Waals surface area contributed by atoms with Crippen LogP contribution in [0.25, 0.3) is 17.0 Å². The summed E-state index contributed by atoms with van der Waals surface area (Å²) in [5.41, 5.74) is 3.14. The minimum Gasteiger partial charge on any atom is -0.493 e. The summed E-state index contributed by atoms with van der Waals surface area (Å²) in [7, 11) is 0. The fourth-order valence-corrected chi connectivity index (χ4v) is 3.56. The lowest BCUT2D eigenvalue weighted by Gasteiger charge is -2.10. The van der Waals surface area contributed by atoms with E-state index in [-0.39, 0.29) is 17.5 Å². The number of aromatic amines is 1. The Morgan fingerprint density at radius 2 is 2.21 bits per heavy atom. The van der Waals surface area contributed by atoms with E-state index < -0.39 is 0 Å². The normalized spacial score (nSPS) is 15.8. The summed E-state index contributed by atoms with van der Waals surface area (Å²) in [5, 5.41) is 10.5. The number of ketones is 1. The van der Waals surface area contributed by atoms with Gasteiger partial charge in [-0.15, -0.1) is 0 Å². The maximum absolute atomic E-state index is 13.0. The van der Waals surface area contributed by atoms with Gasteiger partial charge in [0.15, 0.2) is 0 Å². The van der Waals surface area contributed by atoms with Crippen LogP contribution in [0.2, 0.25) is 0 Å². The molecule has 0 aliphatic carbocycles. The Labute approximate surface area is 163 Å². The van der Waals surface area contributed by atoms with E-state index in [0.717, 1.165) is 28.6 Å². The van der Waals surface area contributed by atoms with Gasteiger partial charge in [-0.25, -0.2) is 0 Å². The summed E-state index contributed by atoms with van der Waals surface area (Å²) in [6, 6.07) is 13.4. The Morgan fingerprint density at radius 1 is 1.39 bits per heavy atom. The number of Topliss-reactive ketones (excluding diaryl/α,β-unsaturated/α-hetero) is 1. The maximum Gasteiger partial charge on any atom is 0.205 e. The minimum absolute atomic E-state index is 0.0525. The number of para-hydroxylation sites is 1. The topological polar surface area (TPSA) is 75.1 Å². The molecular formula is C23H20N2O3. The molecule has 1 aliphatic rings. The van der Waals surface area contributed by atoms with E-state index in [9.17, 15) is 10.1 Å². The first-order valence-corrected chi connectivity index (χ1v) is 9.29. The molecule has 0 spiro atoms. The van der Waals surface area contributed by atoms with E-state index >= 15 is 0 Å². The van der Waals surface area contributed by atoms with Crippen LogP contribution < -0.4 is 9.47 Å². The molecule has 1 unspecified atom stereocenters. The molecule has 1 aromatic heterocycles. The van der Waals surface area contributed by atoms with Crippen molar-refractivity contribution in [1.82, 2.24) is 4.98 Å². The summed E-state index contributed by atoms with van der Waals surface area (Å²) < 4.78 is 11.6. The number of nitrogens with one attached hydrogen (secondary N) is 1. The highest BCUT2D eigenvalue weighted by atomic mass is 16.5. The number of aromatic nitrogens is 1. The van der Waals surface area contributed by atoms with Gasteiger partial charge in [-0.05, 0) is 38.1 Å². The number of fused-ring (bicyclic) bond motifs is 2. The van der Waals surface area contributed by atoms with Crippen LogP contribution in [-0.2, 0) is 6.42 Å². The van der Waals surface area contributed by atoms with Gasteiger partial charge in [-0.1, -0.05) is 18.2 Å². The Kier molecular flexibility index (Phi) is 4.62. The van der Waals surface area contributed by atoms with Crippen molar-refractivity contribution in [3.63, 3.8) is 0 Å². The Hall–Kier alpha value is -3.52. The summed E-state index contributed by atoms with van der Waals surface area (Å²) in [4.78, 5) is 16.1. The van der Waals surface area contributed by atoms with Crippen LogP contribution in [-0.4, -0.2) is 23.5 Å². The van der Waals surface area contributed by atoms with Gasteiger partial charge < -0.3 is 14.5 Å². The third kappa shape index (κ3) is 3.14. The molecule has 2 aromatic carbocycles. The number of carbonyl (C=O) groups is 1. The number of H-pyrrole nitrogens is 1. The summed E-state index contributed by atoms with van der Waals surface area (Å²) >= 11 is 0. The van der Waals surface area contributed by atoms with Crippen molar-refractivity contribution in [2.24, 2.45) is 0 Å². The number of benzene rings is 2. The lowest BCUT2D eigenvalue weighted by Crippen LogP contribution is -2.05. The van der Waals surface area contributed by atoms with E-state index in [4.69, 9.17) is 9.47 Å². The van der Waals surface area contributed by atoms with E-state index in [1.165, 1.54) is 0 Å². The van der Waals surface area contributed by atoms with Gasteiger partial charge in [0, 0.05) is 40.2 Å². The third-order valence-corrected chi connectivity index (χ3v) is 4.83. The molecule has 140 valence electrons. The number of nitrogens with zero attached hydrogens (tertiary/aromatic N) is 1. The number of ether oxygens (including phenoxy) is 2. The zero-order valence-electron chi connectivity index (χ0n) is 15.8. The molecule has 28 heavy (non-hydrogen) atoms. The summed E-state index contributed by atoms with van der Waals surface area (Å²) in [5.74, 6) is 1.11. The van der Waals surface area contributed by atoms with Crippen LogP contribution in [0.1, 0.15) is 35.3 Å². The first-order chi connectivity index (χ1) is 13.6. The van der Waals surface area contributed by atoms with E-state index in [1.807, 2.05) is 50.2 Å². The SMILES string of the molecule is CCOc1cc2c(cc1C=C(C#N)C(=O)c1c[nH]c3ccccc13)OC(C)C2. The van der Waals surface area contributed by atoms with Crippen LogP contribution in [0.4, 0.5) is 0 Å². The summed E-state index contributed by atoms with van der Waals surface area (Å²) in [6.07, 6.45) is 4.15. The van der Waals surface area contributed by atoms with Crippen molar-refractivity contribution in [2.45, 2.75) is 26.4 Å². The zero-order valence-corrected chi connectivity index (χ0v) is 15.8. The molecule has 2 heterocycles. The fourth-order valence-electron chi connectivity index (χ4n) is 3.56. The lowest BCUT2D eigenvalue weighted by molar-refractivity contribution is 0.104. The van der Waals surface area contributed by atoms with Gasteiger partial charge >= 0.3 is 0 Å². The Morgan fingerprint density at radius 3 is 3.00 bits per heavy atom. The van der Waals surface area contributed by atoms with Crippen LogP contribution in [0, 0.1) is 11.3 Å². The first-order valence-electron chi connectivity index (χ1n) is 9.29. The second kappa shape index (κ2) is 7.24. The fraction of sp³-hybridized carbons (Fsp3) is 0.217. The van der Waals surface area contributed by atoms with Crippen LogP contribution in [0.5, 0.6) is 11.5 Å². The first kappa shape index (κ1) is 17.9. The van der Waals surface area contributed by atoms with Crippen molar-refractivity contribution < 1.29 is 14.3 Å². The highest BCUT2D eigenvalue weighted by molar-refractivity contribution is 6.19. The Bertz CT molecular complexity index is 1130. The van der Waals surface area contributed by atoms with E-state index in [2.05, 4.69) is 11.1 Å². The summed E-state index contributed by atoms with van der Waals surface area (Å²) in [6.45, 7) is 4.41. The van der Waals surface area contributed by atoms with Crippen LogP contribution in [0.3, 0.4) is 0 Å². The standard InChI is InChI=1S/C23H20N2O3/c1-3-27-21-10-15-8-14(2)28-22(15)11-16(21)9-17(12-24)23(26)19-13-25-20-7-5-4-6-18(19)20/h4-7,9-11,13-14,25H,3,8H2,1-2H3. The quantitative estimate of drug-likeness (QED) is 0.401. The molecule has 0 saturated carbocycles. The van der Waals surface area contributed by atoms with Crippen LogP contribution >= 0.6 is 0 Å². The third-order valence-electron chi connectivity index (χ3n) is 4.83. The number of carbonyl (C=O) groups excluding carboxylic acids is 1. The van der Waals surface area contributed by atoms with Crippen molar-refractivity contribution in [3.05, 3.63) is 64.9 Å². The second-order valence-corrected chi connectivity index (χ2v) is 6.81. The molecule has 4 rings (SSSR count).